The summed E-state index contributed by atoms with van der Waals surface area (Å²) in [5, 5.41) is -0.246. The van der Waals surface area contributed by atoms with Gasteiger partial charge in [-0.25, -0.2) is 17.2 Å². The van der Waals surface area contributed by atoms with Crippen LogP contribution >= 0.6 is 11.6 Å². The average Bonchev–Trinajstić information content (AvgIpc) is 2.27. The highest BCUT2D eigenvalue weighted by Gasteiger charge is 2.18. The highest BCUT2D eigenvalue weighted by molar-refractivity contribution is 7.92. The minimum absolute atomic E-state index is 0.0559. The molecule has 2 aromatic carbocycles. The van der Waals surface area contributed by atoms with E-state index in [0.717, 1.165) is 24.3 Å². The molecule has 0 saturated heterocycles. The Labute approximate surface area is 113 Å². The van der Waals surface area contributed by atoms with Gasteiger partial charge in [0.25, 0.3) is 10.0 Å². The van der Waals surface area contributed by atoms with Crippen molar-refractivity contribution in [3.63, 3.8) is 0 Å². The van der Waals surface area contributed by atoms with Gasteiger partial charge in [0.1, 0.15) is 16.5 Å². The van der Waals surface area contributed by atoms with Crippen LogP contribution in [0.25, 0.3) is 0 Å². The fourth-order valence-electron chi connectivity index (χ4n) is 1.46. The van der Waals surface area contributed by atoms with E-state index in [1.165, 1.54) is 18.2 Å². The van der Waals surface area contributed by atoms with Gasteiger partial charge in [-0.1, -0.05) is 17.7 Å². The maximum atomic E-state index is 13.0. The Balaban J connectivity index is 2.38. The van der Waals surface area contributed by atoms with Gasteiger partial charge in [-0.2, -0.15) is 0 Å². The third-order valence-electron chi connectivity index (χ3n) is 2.26. The Morgan fingerprint density at radius 2 is 1.68 bits per heavy atom. The molecule has 0 atom stereocenters. The highest BCUT2D eigenvalue weighted by Crippen LogP contribution is 2.24. The summed E-state index contributed by atoms with van der Waals surface area (Å²) in [5.41, 5.74) is 0.0559. The van der Waals surface area contributed by atoms with Crippen LogP contribution < -0.4 is 4.72 Å². The molecule has 0 aromatic heterocycles. The van der Waals surface area contributed by atoms with Crippen molar-refractivity contribution in [1.82, 2.24) is 0 Å². The lowest BCUT2D eigenvalue weighted by atomic mass is 10.3. The maximum absolute atomic E-state index is 13.0. The summed E-state index contributed by atoms with van der Waals surface area (Å²) >= 11 is 5.68. The average molecular weight is 304 g/mol. The predicted octanol–water partition coefficient (Wildman–Crippen LogP) is 3.42. The molecule has 0 heterocycles. The van der Waals surface area contributed by atoms with E-state index in [2.05, 4.69) is 4.72 Å². The standard InChI is InChI=1S/C12H8ClF2NO2S/c13-11-7-9(15)4-5-12(11)19(17,18)16-10-3-1-2-8(14)6-10/h1-7,16H. The number of sulfonamides is 1. The topological polar surface area (TPSA) is 46.2 Å². The largest absolute Gasteiger partial charge is 0.279 e. The van der Waals surface area contributed by atoms with Crippen LogP contribution in [0, 0.1) is 11.6 Å². The molecule has 100 valence electrons. The van der Waals surface area contributed by atoms with Crippen LogP contribution in [0.1, 0.15) is 0 Å². The molecule has 7 heteroatoms. The Hall–Kier alpha value is -1.66. The number of halogens is 3. The molecule has 0 saturated carbocycles. The van der Waals surface area contributed by atoms with Gasteiger partial charge in [0.05, 0.1) is 10.7 Å². The molecule has 0 spiro atoms. The van der Waals surface area contributed by atoms with E-state index in [9.17, 15) is 17.2 Å². The van der Waals surface area contributed by atoms with Crippen molar-refractivity contribution in [2.24, 2.45) is 0 Å². The van der Waals surface area contributed by atoms with Crippen LogP contribution in [-0.4, -0.2) is 8.42 Å². The van der Waals surface area contributed by atoms with Gasteiger partial charge in [0, 0.05) is 0 Å². The predicted molar refractivity (Wildman–Crippen MR) is 68.6 cm³/mol. The van der Waals surface area contributed by atoms with Crippen LogP contribution in [0.2, 0.25) is 5.02 Å². The summed E-state index contributed by atoms with van der Waals surface area (Å²) in [6.45, 7) is 0. The fraction of sp³-hybridized carbons (Fsp3) is 0. The van der Waals surface area contributed by atoms with Crippen molar-refractivity contribution in [2.45, 2.75) is 4.90 Å². The van der Waals surface area contributed by atoms with Crippen molar-refractivity contribution in [3.05, 3.63) is 59.1 Å². The van der Waals surface area contributed by atoms with Crippen molar-refractivity contribution < 1.29 is 17.2 Å². The van der Waals surface area contributed by atoms with Crippen LogP contribution in [0.3, 0.4) is 0 Å². The lowest BCUT2D eigenvalue weighted by Crippen LogP contribution is -2.13. The van der Waals surface area contributed by atoms with Gasteiger partial charge >= 0.3 is 0 Å². The summed E-state index contributed by atoms with van der Waals surface area (Å²) in [7, 11) is -3.99. The molecule has 0 bridgehead atoms. The SMILES string of the molecule is O=S(=O)(Nc1cccc(F)c1)c1ccc(F)cc1Cl. The molecule has 3 nitrogen and oxygen atoms in total. The van der Waals surface area contributed by atoms with E-state index in [1.54, 1.807) is 0 Å². The molecule has 2 aromatic rings. The second-order valence-electron chi connectivity index (χ2n) is 3.69. The summed E-state index contributed by atoms with van der Waals surface area (Å²) in [5.74, 6) is -1.22. The summed E-state index contributed by atoms with van der Waals surface area (Å²) in [4.78, 5) is -0.278. The van der Waals surface area contributed by atoms with Gasteiger partial charge in [0.15, 0.2) is 0 Å². The number of benzene rings is 2. The van der Waals surface area contributed by atoms with Crippen molar-refractivity contribution in [2.75, 3.05) is 4.72 Å². The van der Waals surface area contributed by atoms with E-state index in [1.807, 2.05) is 0 Å². The lowest BCUT2D eigenvalue weighted by molar-refractivity contribution is 0.599. The van der Waals surface area contributed by atoms with Gasteiger partial charge in [0.2, 0.25) is 0 Å². The van der Waals surface area contributed by atoms with Gasteiger partial charge in [-0.05, 0) is 36.4 Å². The first kappa shape index (κ1) is 13.8. The Kier molecular flexibility index (Phi) is 3.73. The van der Waals surface area contributed by atoms with Gasteiger partial charge in [-0.3, -0.25) is 4.72 Å². The summed E-state index contributed by atoms with van der Waals surface area (Å²) in [6.07, 6.45) is 0. The van der Waals surface area contributed by atoms with Crippen molar-refractivity contribution >= 4 is 27.3 Å². The van der Waals surface area contributed by atoms with Gasteiger partial charge < -0.3 is 0 Å². The quantitative estimate of drug-likeness (QED) is 0.944. The van der Waals surface area contributed by atoms with Gasteiger partial charge in [-0.15, -0.1) is 0 Å². The number of hydrogen-bond donors (Lipinski definition) is 1. The Morgan fingerprint density at radius 1 is 1.00 bits per heavy atom. The Bertz CT molecular complexity index is 719. The summed E-state index contributed by atoms with van der Waals surface area (Å²) in [6, 6.07) is 7.86. The first-order valence-corrected chi connectivity index (χ1v) is 6.98. The van der Waals surface area contributed by atoms with Crippen molar-refractivity contribution in [3.8, 4) is 0 Å². The fourth-order valence-corrected chi connectivity index (χ4v) is 3.04. The van der Waals surface area contributed by atoms with E-state index < -0.39 is 21.7 Å². The Morgan fingerprint density at radius 3 is 2.32 bits per heavy atom. The molecular formula is C12H8ClF2NO2S. The van der Waals surface area contributed by atoms with Crippen LogP contribution in [-0.2, 0) is 10.0 Å². The molecule has 1 N–H and O–H groups in total. The van der Waals surface area contributed by atoms with Crippen LogP contribution in [0.15, 0.2) is 47.4 Å². The number of rotatable bonds is 3. The second-order valence-corrected chi connectivity index (χ2v) is 5.75. The highest BCUT2D eigenvalue weighted by atomic mass is 35.5. The molecule has 0 aliphatic rings. The molecule has 0 aliphatic carbocycles. The molecule has 2 rings (SSSR count). The molecule has 19 heavy (non-hydrogen) atoms. The molecule has 0 aliphatic heterocycles. The zero-order chi connectivity index (χ0) is 14.0. The van der Waals surface area contributed by atoms with E-state index in [-0.39, 0.29) is 15.6 Å². The zero-order valence-electron chi connectivity index (χ0n) is 9.40. The second kappa shape index (κ2) is 5.14. The number of nitrogens with one attached hydrogen (secondary N) is 1. The maximum Gasteiger partial charge on any atom is 0.263 e. The van der Waals surface area contributed by atoms with E-state index >= 15 is 0 Å². The van der Waals surface area contributed by atoms with Crippen LogP contribution in [0.4, 0.5) is 14.5 Å². The smallest absolute Gasteiger partial charge is 0.263 e. The minimum atomic E-state index is -3.99. The molecular weight excluding hydrogens is 296 g/mol. The molecule has 0 radical (unpaired) electrons. The first-order valence-electron chi connectivity index (χ1n) is 5.12. The third-order valence-corrected chi connectivity index (χ3v) is 4.12. The number of anilines is 1. The normalized spacial score (nSPS) is 11.3. The van der Waals surface area contributed by atoms with E-state index in [0.29, 0.717) is 0 Å². The van der Waals surface area contributed by atoms with Crippen LogP contribution in [0.5, 0.6) is 0 Å². The molecule has 0 amide bonds. The zero-order valence-corrected chi connectivity index (χ0v) is 11.0. The van der Waals surface area contributed by atoms with E-state index in [4.69, 9.17) is 11.6 Å². The first-order chi connectivity index (χ1) is 8.88. The monoisotopic (exact) mass is 303 g/mol. The summed E-state index contributed by atoms with van der Waals surface area (Å²) < 4.78 is 52.0. The van der Waals surface area contributed by atoms with Crippen molar-refractivity contribution in [1.29, 1.82) is 0 Å². The number of hydrogen-bond acceptors (Lipinski definition) is 2. The molecule has 0 unspecified atom stereocenters. The third kappa shape index (κ3) is 3.21. The lowest BCUT2D eigenvalue weighted by Gasteiger charge is -2.09. The minimum Gasteiger partial charge on any atom is -0.279 e. The molecule has 0 fully saturated rings.